The number of carbonyl (C=O) groups is 2. The van der Waals surface area contributed by atoms with E-state index >= 15 is 0 Å². The zero-order valence-electron chi connectivity index (χ0n) is 19.2. The zero-order chi connectivity index (χ0) is 24.1. The smallest absolute Gasteiger partial charge is 0.358 e. The molecule has 0 aliphatic carbocycles. The molecule has 0 saturated carbocycles. The summed E-state index contributed by atoms with van der Waals surface area (Å²) < 4.78 is 12.3. The zero-order valence-corrected chi connectivity index (χ0v) is 19.2. The van der Waals surface area contributed by atoms with Crippen molar-refractivity contribution in [3.63, 3.8) is 0 Å². The van der Waals surface area contributed by atoms with Crippen LogP contribution in [0.3, 0.4) is 0 Å². The Morgan fingerprint density at radius 3 is 2.53 bits per heavy atom. The number of esters is 1. The lowest BCUT2D eigenvalue weighted by atomic mass is 10.1. The highest BCUT2D eigenvalue weighted by Gasteiger charge is 2.20. The molecular formula is C27H25N3O4. The predicted molar refractivity (Wildman–Crippen MR) is 131 cm³/mol. The molecule has 0 aliphatic rings. The van der Waals surface area contributed by atoms with Crippen molar-refractivity contribution in [1.29, 1.82) is 0 Å². The number of nitrogens with one attached hydrogen (secondary N) is 1. The van der Waals surface area contributed by atoms with Gasteiger partial charge in [0, 0.05) is 16.8 Å². The Kier molecular flexibility index (Phi) is 6.73. The Bertz CT molecular complexity index is 1340. The summed E-state index contributed by atoms with van der Waals surface area (Å²) in [6.07, 6.45) is 0. The molecule has 0 aliphatic heterocycles. The summed E-state index contributed by atoms with van der Waals surface area (Å²) in [5, 5.41) is 7.45. The lowest BCUT2D eigenvalue weighted by molar-refractivity contribution is 0.0518. The molecule has 7 heteroatoms. The molecule has 1 heterocycles. The maximum Gasteiger partial charge on any atom is 0.358 e. The van der Waals surface area contributed by atoms with Crippen LogP contribution in [0.4, 0.5) is 5.69 Å². The van der Waals surface area contributed by atoms with E-state index < -0.39 is 5.97 Å². The van der Waals surface area contributed by atoms with Crippen molar-refractivity contribution in [2.45, 2.75) is 13.8 Å². The number of methoxy groups -OCH3 is 1. The molecule has 7 nitrogen and oxygen atoms in total. The van der Waals surface area contributed by atoms with E-state index in [1.165, 1.54) is 0 Å². The average Bonchev–Trinajstić information content (AvgIpc) is 3.30. The summed E-state index contributed by atoms with van der Waals surface area (Å²) in [5.41, 5.74) is 4.47. The number of rotatable bonds is 7. The number of nitrogens with zero attached hydrogens (tertiary/aromatic N) is 2. The number of para-hydroxylation sites is 2. The van der Waals surface area contributed by atoms with E-state index in [2.05, 4.69) is 10.4 Å². The van der Waals surface area contributed by atoms with Crippen LogP contribution >= 0.6 is 0 Å². The Balaban J connectivity index is 1.75. The molecule has 0 fully saturated rings. The highest BCUT2D eigenvalue weighted by atomic mass is 16.5. The van der Waals surface area contributed by atoms with Crippen LogP contribution in [-0.2, 0) is 4.74 Å². The van der Waals surface area contributed by atoms with Gasteiger partial charge in [-0.15, -0.1) is 0 Å². The summed E-state index contributed by atoms with van der Waals surface area (Å²) in [5.74, 6) is -0.112. The molecule has 4 rings (SSSR count). The molecule has 1 amide bonds. The van der Waals surface area contributed by atoms with Gasteiger partial charge in [-0.1, -0.05) is 42.0 Å². The maximum atomic E-state index is 12.7. The van der Waals surface area contributed by atoms with Crippen molar-refractivity contribution in [1.82, 2.24) is 9.78 Å². The van der Waals surface area contributed by atoms with Gasteiger partial charge < -0.3 is 14.8 Å². The van der Waals surface area contributed by atoms with Crippen molar-refractivity contribution >= 4 is 17.6 Å². The van der Waals surface area contributed by atoms with Gasteiger partial charge in [0.05, 0.1) is 19.4 Å². The predicted octanol–water partition coefficient (Wildman–Crippen LogP) is 5.29. The van der Waals surface area contributed by atoms with Gasteiger partial charge in [-0.2, -0.15) is 5.10 Å². The van der Waals surface area contributed by atoms with Crippen LogP contribution in [0.2, 0.25) is 0 Å². The fourth-order valence-electron chi connectivity index (χ4n) is 3.63. The number of benzene rings is 3. The molecule has 0 atom stereocenters. The molecule has 0 bridgehead atoms. The van der Waals surface area contributed by atoms with Crippen LogP contribution in [0.5, 0.6) is 5.75 Å². The third-order valence-corrected chi connectivity index (χ3v) is 5.20. The van der Waals surface area contributed by atoms with Gasteiger partial charge in [0.25, 0.3) is 5.91 Å². The summed E-state index contributed by atoms with van der Waals surface area (Å²) in [6.45, 7) is 3.93. The van der Waals surface area contributed by atoms with E-state index in [0.717, 1.165) is 11.1 Å². The van der Waals surface area contributed by atoms with Crippen LogP contribution in [0.15, 0.2) is 78.9 Å². The molecular weight excluding hydrogens is 430 g/mol. The molecule has 0 saturated heterocycles. The fourth-order valence-corrected chi connectivity index (χ4v) is 3.63. The maximum absolute atomic E-state index is 12.7. The lowest BCUT2D eigenvalue weighted by Gasteiger charge is -2.12. The molecule has 4 aromatic rings. The normalized spacial score (nSPS) is 10.6. The number of hydrogen-bond donors (Lipinski definition) is 1. The minimum absolute atomic E-state index is 0.178. The second-order valence-electron chi connectivity index (χ2n) is 7.62. The van der Waals surface area contributed by atoms with Gasteiger partial charge in [0.15, 0.2) is 5.69 Å². The largest absolute Gasteiger partial charge is 0.494 e. The van der Waals surface area contributed by atoms with E-state index in [0.29, 0.717) is 28.4 Å². The number of carbonyl (C=O) groups excluding carboxylic acids is 2. The summed E-state index contributed by atoms with van der Waals surface area (Å²) >= 11 is 0. The standard InChI is InChI=1S/C27H25N3O4/c1-4-34-27(32)22-17-24(30(29-22)23-13-5-6-14-25(23)33-3)19-10-8-12-21(16-19)28-26(31)20-11-7-9-18(2)15-20/h5-17H,4H2,1-3H3,(H,28,31). The number of ether oxygens (including phenoxy) is 2. The Labute approximate surface area is 197 Å². The molecule has 1 N–H and O–H groups in total. The number of aromatic nitrogens is 2. The van der Waals surface area contributed by atoms with Gasteiger partial charge in [0.2, 0.25) is 0 Å². The number of aryl methyl sites for hydroxylation is 1. The van der Waals surface area contributed by atoms with E-state index in [4.69, 9.17) is 9.47 Å². The van der Waals surface area contributed by atoms with Gasteiger partial charge in [-0.05, 0) is 56.3 Å². The highest BCUT2D eigenvalue weighted by molar-refractivity contribution is 6.04. The summed E-state index contributed by atoms with van der Waals surface area (Å²) in [6, 6.07) is 23.9. The van der Waals surface area contributed by atoms with Gasteiger partial charge >= 0.3 is 5.97 Å². The first-order valence-corrected chi connectivity index (χ1v) is 10.9. The third kappa shape index (κ3) is 4.83. The first-order chi connectivity index (χ1) is 16.5. The summed E-state index contributed by atoms with van der Waals surface area (Å²) in [4.78, 5) is 25.2. The number of amides is 1. The molecule has 34 heavy (non-hydrogen) atoms. The van der Waals surface area contributed by atoms with Crippen LogP contribution in [0, 0.1) is 6.92 Å². The second kappa shape index (κ2) is 10.0. The van der Waals surface area contributed by atoms with E-state index in [9.17, 15) is 9.59 Å². The lowest BCUT2D eigenvalue weighted by Crippen LogP contribution is -2.12. The SMILES string of the molecule is CCOC(=O)c1cc(-c2cccc(NC(=O)c3cccc(C)c3)c2)n(-c2ccccc2OC)n1. The Morgan fingerprint density at radius 1 is 0.971 bits per heavy atom. The van der Waals surface area contributed by atoms with Gasteiger partial charge in [-0.3, -0.25) is 4.79 Å². The van der Waals surface area contributed by atoms with Crippen LogP contribution < -0.4 is 10.1 Å². The van der Waals surface area contributed by atoms with Crippen molar-refractivity contribution < 1.29 is 19.1 Å². The topological polar surface area (TPSA) is 82.5 Å². The first kappa shape index (κ1) is 22.8. The number of anilines is 1. The van der Waals surface area contributed by atoms with E-state index in [1.54, 1.807) is 30.8 Å². The van der Waals surface area contributed by atoms with Crippen LogP contribution in [0.25, 0.3) is 16.9 Å². The third-order valence-electron chi connectivity index (χ3n) is 5.20. The van der Waals surface area contributed by atoms with E-state index in [1.807, 2.05) is 73.7 Å². The fraction of sp³-hybridized carbons (Fsp3) is 0.148. The second-order valence-corrected chi connectivity index (χ2v) is 7.62. The van der Waals surface area contributed by atoms with Crippen molar-refractivity contribution in [3.05, 3.63) is 95.7 Å². The van der Waals surface area contributed by atoms with Crippen LogP contribution in [-0.4, -0.2) is 35.4 Å². The molecule has 172 valence electrons. The minimum Gasteiger partial charge on any atom is -0.494 e. The molecule has 1 aromatic heterocycles. The summed E-state index contributed by atoms with van der Waals surface area (Å²) in [7, 11) is 1.58. The molecule has 0 spiro atoms. The first-order valence-electron chi connectivity index (χ1n) is 10.9. The van der Waals surface area contributed by atoms with Gasteiger partial charge in [-0.25, -0.2) is 9.48 Å². The molecule has 0 unspecified atom stereocenters. The minimum atomic E-state index is -0.513. The van der Waals surface area contributed by atoms with Crippen LogP contribution in [0.1, 0.15) is 33.3 Å². The quantitative estimate of drug-likeness (QED) is 0.383. The van der Waals surface area contributed by atoms with Crippen molar-refractivity contribution in [2.24, 2.45) is 0 Å². The highest BCUT2D eigenvalue weighted by Crippen LogP contribution is 2.30. The Morgan fingerprint density at radius 2 is 1.76 bits per heavy atom. The average molecular weight is 456 g/mol. The Hall–Kier alpha value is -4.39. The van der Waals surface area contributed by atoms with Crippen molar-refractivity contribution in [3.8, 4) is 22.7 Å². The number of hydrogen-bond acceptors (Lipinski definition) is 5. The van der Waals surface area contributed by atoms with Gasteiger partial charge in [0.1, 0.15) is 11.4 Å². The van der Waals surface area contributed by atoms with E-state index in [-0.39, 0.29) is 18.2 Å². The molecule has 3 aromatic carbocycles. The van der Waals surface area contributed by atoms with Crippen molar-refractivity contribution in [2.75, 3.05) is 19.0 Å². The molecule has 0 radical (unpaired) electrons. The monoisotopic (exact) mass is 455 g/mol.